The van der Waals surface area contributed by atoms with Crippen molar-refractivity contribution in [2.75, 3.05) is 25.1 Å². The van der Waals surface area contributed by atoms with Gasteiger partial charge < -0.3 is 9.64 Å². The van der Waals surface area contributed by atoms with Crippen molar-refractivity contribution in [1.29, 1.82) is 0 Å². The molecule has 2 aromatic rings. The Hall–Kier alpha value is -3.08. The number of imide groups is 1. The molecule has 1 fully saturated rings. The lowest BCUT2D eigenvalue weighted by Gasteiger charge is -2.20. The number of hydrogen-bond donors (Lipinski definition) is 0. The summed E-state index contributed by atoms with van der Waals surface area (Å²) in [5.74, 6) is 0.237. The van der Waals surface area contributed by atoms with Crippen molar-refractivity contribution >= 4 is 23.1 Å². The van der Waals surface area contributed by atoms with Crippen LogP contribution in [0.1, 0.15) is 43.7 Å². The first-order chi connectivity index (χ1) is 14.6. The van der Waals surface area contributed by atoms with Crippen LogP contribution in [-0.2, 0) is 16.0 Å². The van der Waals surface area contributed by atoms with Gasteiger partial charge in [0.1, 0.15) is 11.4 Å². The first-order valence-corrected chi connectivity index (χ1v) is 10.8. The van der Waals surface area contributed by atoms with Gasteiger partial charge in [-0.05, 0) is 61.1 Å². The summed E-state index contributed by atoms with van der Waals surface area (Å²) < 4.78 is 5.25. The van der Waals surface area contributed by atoms with Gasteiger partial charge in [-0.25, -0.2) is 4.90 Å². The van der Waals surface area contributed by atoms with Crippen LogP contribution in [0.15, 0.2) is 54.2 Å². The molecule has 2 heterocycles. The molecule has 0 aliphatic carbocycles. The molecule has 0 atom stereocenters. The quantitative estimate of drug-likeness (QED) is 0.641. The summed E-state index contributed by atoms with van der Waals surface area (Å²) in [6, 6.07) is 15.2. The Bertz CT molecular complexity index is 955. The second-order valence-electron chi connectivity index (χ2n) is 7.86. The number of methoxy groups -OCH3 is 1. The van der Waals surface area contributed by atoms with Crippen molar-refractivity contribution in [3.63, 3.8) is 0 Å². The molecule has 0 N–H and O–H groups in total. The monoisotopic (exact) mass is 404 g/mol. The predicted octanol–water partition coefficient (Wildman–Crippen LogP) is 4.42. The molecule has 5 nitrogen and oxygen atoms in total. The van der Waals surface area contributed by atoms with Crippen molar-refractivity contribution < 1.29 is 14.3 Å². The van der Waals surface area contributed by atoms with Crippen LogP contribution >= 0.6 is 0 Å². The molecule has 2 aliphatic heterocycles. The highest BCUT2D eigenvalue weighted by molar-refractivity contribution is 6.45. The second kappa shape index (κ2) is 8.74. The molecule has 30 heavy (non-hydrogen) atoms. The zero-order valence-electron chi connectivity index (χ0n) is 17.7. The first-order valence-electron chi connectivity index (χ1n) is 10.8. The zero-order valence-corrected chi connectivity index (χ0v) is 17.7. The van der Waals surface area contributed by atoms with Crippen LogP contribution in [0, 0.1) is 0 Å². The van der Waals surface area contributed by atoms with E-state index in [-0.39, 0.29) is 11.8 Å². The molecule has 2 amide bonds. The fourth-order valence-corrected chi connectivity index (χ4v) is 4.20. The number of carbonyl (C=O) groups is 2. The van der Waals surface area contributed by atoms with Crippen LogP contribution in [0.2, 0.25) is 0 Å². The maximum Gasteiger partial charge on any atom is 0.282 e. The average Bonchev–Trinajstić information content (AvgIpc) is 3.39. The van der Waals surface area contributed by atoms with Gasteiger partial charge >= 0.3 is 0 Å². The molecule has 0 unspecified atom stereocenters. The summed E-state index contributed by atoms with van der Waals surface area (Å²) in [6.07, 6.45) is 5.34. The molecule has 4 rings (SSSR count). The smallest absolute Gasteiger partial charge is 0.282 e. The number of rotatable bonds is 7. The fraction of sp³-hybridized carbons (Fsp3) is 0.360. The third-order valence-corrected chi connectivity index (χ3v) is 5.87. The first kappa shape index (κ1) is 20.2. The van der Waals surface area contributed by atoms with E-state index < -0.39 is 0 Å². The molecule has 0 aromatic heterocycles. The van der Waals surface area contributed by atoms with Crippen LogP contribution in [0.5, 0.6) is 5.75 Å². The minimum atomic E-state index is -0.256. The lowest BCUT2D eigenvalue weighted by Crippen LogP contribution is -2.34. The van der Waals surface area contributed by atoms with Gasteiger partial charge in [0, 0.05) is 13.1 Å². The molecule has 0 radical (unpaired) electrons. The van der Waals surface area contributed by atoms with Crippen molar-refractivity contribution in [2.45, 2.75) is 39.0 Å². The third kappa shape index (κ3) is 3.72. The van der Waals surface area contributed by atoms with Gasteiger partial charge in [0.25, 0.3) is 11.8 Å². The van der Waals surface area contributed by atoms with Gasteiger partial charge in [-0.3, -0.25) is 9.59 Å². The summed E-state index contributed by atoms with van der Waals surface area (Å²) in [7, 11) is 1.61. The van der Waals surface area contributed by atoms with Crippen molar-refractivity contribution in [3.05, 3.63) is 65.4 Å². The Balaban J connectivity index is 1.70. The molecular weight excluding hydrogens is 376 g/mol. The number of nitrogens with zero attached hydrogens (tertiary/aromatic N) is 2. The SMILES string of the molecule is CCCCc1ccc(N2C(=O)C(c3ccc(OC)cc3)=C(N3CCCC3)C2=O)cc1. The second-order valence-corrected chi connectivity index (χ2v) is 7.86. The number of amides is 2. The number of anilines is 1. The maximum absolute atomic E-state index is 13.5. The molecule has 0 saturated carbocycles. The number of aryl methyl sites for hydroxylation is 1. The van der Waals surface area contributed by atoms with Crippen molar-refractivity contribution in [3.8, 4) is 5.75 Å². The number of hydrogen-bond acceptors (Lipinski definition) is 4. The number of carbonyl (C=O) groups excluding carboxylic acids is 2. The van der Waals surface area contributed by atoms with Gasteiger partial charge in [-0.1, -0.05) is 37.6 Å². The number of unbranched alkanes of at least 4 members (excludes halogenated alkanes) is 1. The number of benzene rings is 2. The van der Waals surface area contributed by atoms with Gasteiger partial charge in [-0.15, -0.1) is 0 Å². The van der Waals surface area contributed by atoms with Crippen LogP contribution in [0.3, 0.4) is 0 Å². The lowest BCUT2D eigenvalue weighted by molar-refractivity contribution is -0.120. The number of ether oxygens (including phenoxy) is 1. The normalized spacial score (nSPS) is 16.7. The third-order valence-electron chi connectivity index (χ3n) is 5.87. The van der Waals surface area contributed by atoms with Crippen LogP contribution in [0.4, 0.5) is 5.69 Å². The van der Waals surface area contributed by atoms with Crippen LogP contribution < -0.4 is 9.64 Å². The maximum atomic E-state index is 13.5. The zero-order chi connectivity index (χ0) is 21.1. The molecule has 1 saturated heterocycles. The molecule has 0 spiro atoms. The van der Waals surface area contributed by atoms with Crippen LogP contribution in [-0.4, -0.2) is 36.9 Å². The van der Waals surface area contributed by atoms with E-state index in [1.807, 2.05) is 48.5 Å². The van der Waals surface area contributed by atoms with E-state index in [0.717, 1.165) is 56.5 Å². The van der Waals surface area contributed by atoms with Gasteiger partial charge in [0.15, 0.2) is 0 Å². The summed E-state index contributed by atoms with van der Waals surface area (Å²) >= 11 is 0. The highest BCUT2D eigenvalue weighted by Gasteiger charge is 2.42. The molecule has 0 bridgehead atoms. The molecular formula is C25H28N2O3. The van der Waals surface area contributed by atoms with E-state index >= 15 is 0 Å². The Morgan fingerprint density at radius 3 is 2.17 bits per heavy atom. The topological polar surface area (TPSA) is 49.9 Å². The summed E-state index contributed by atoms with van der Waals surface area (Å²) in [5, 5.41) is 0. The van der Waals surface area contributed by atoms with Gasteiger partial charge in [0.05, 0.1) is 18.4 Å². The van der Waals surface area contributed by atoms with E-state index in [2.05, 4.69) is 11.8 Å². The summed E-state index contributed by atoms with van der Waals surface area (Å²) in [6.45, 7) is 3.78. The van der Waals surface area contributed by atoms with Crippen LogP contribution in [0.25, 0.3) is 5.57 Å². The Kier molecular flexibility index (Phi) is 5.88. The van der Waals surface area contributed by atoms with Crippen molar-refractivity contribution in [2.24, 2.45) is 0 Å². The lowest BCUT2D eigenvalue weighted by atomic mass is 10.0. The predicted molar refractivity (Wildman–Crippen MR) is 118 cm³/mol. The van der Waals surface area contributed by atoms with E-state index in [0.29, 0.717) is 17.0 Å². The molecule has 156 valence electrons. The highest BCUT2D eigenvalue weighted by atomic mass is 16.5. The van der Waals surface area contributed by atoms with E-state index in [9.17, 15) is 9.59 Å². The van der Waals surface area contributed by atoms with E-state index in [1.165, 1.54) is 10.5 Å². The summed E-state index contributed by atoms with van der Waals surface area (Å²) in [5.41, 5.74) is 3.61. The number of likely N-dealkylation sites (tertiary alicyclic amines) is 1. The minimum absolute atomic E-state index is 0.228. The van der Waals surface area contributed by atoms with Gasteiger partial charge in [-0.2, -0.15) is 0 Å². The largest absolute Gasteiger partial charge is 0.497 e. The van der Waals surface area contributed by atoms with E-state index in [4.69, 9.17) is 4.74 Å². The average molecular weight is 405 g/mol. The minimum Gasteiger partial charge on any atom is -0.497 e. The Labute approximate surface area is 177 Å². The Morgan fingerprint density at radius 1 is 0.900 bits per heavy atom. The molecule has 2 aliphatic rings. The summed E-state index contributed by atoms with van der Waals surface area (Å²) in [4.78, 5) is 30.3. The molecule has 2 aromatic carbocycles. The Morgan fingerprint density at radius 2 is 1.57 bits per heavy atom. The van der Waals surface area contributed by atoms with Crippen molar-refractivity contribution in [1.82, 2.24) is 4.90 Å². The van der Waals surface area contributed by atoms with E-state index in [1.54, 1.807) is 7.11 Å². The standard InChI is InChI=1S/C25H28N2O3/c1-3-4-7-18-8-12-20(13-9-18)27-24(28)22(19-10-14-21(30-2)15-11-19)23(25(27)29)26-16-5-6-17-26/h8-15H,3-7,16-17H2,1-2H3. The highest BCUT2D eigenvalue weighted by Crippen LogP contribution is 2.36. The van der Waals surface area contributed by atoms with Gasteiger partial charge in [0.2, 0.25) is 0 Å². The molecule has 5 heteroatoms. The fourth-order valence-electron chi connectivity index (χ4n) is 4.20.